The van der Waals surface area contributed by atoms with Crippen LogP contribution >= 0.6 is 11.3 Å². The Kier molecular flexibility index (Phi) is 1.59. The minimum absolute atomic E-state index is 1.36. The van der Waals surface area contributed by atoms with E-state index in [1.807, 2.05) is 0 Å². The molecule has 0 saturated carbocycles. The molecule has 1 aromatic heterocycles. The van der Waals surface area contributed by atoms with Gasteiger partial charge in [0.2, 0.25) is 16.0 Å². The van der Waals surface area contributed by atoms with Crippen molar-refractivity contribution < 1.29 is 0 Å². The van der Waals surface area contributed by atoms with Crippen LogP contribution in [0.2, 0.25) is 0 Å². The molecule has 0 saturated heterocycles. The van der Waals surface area contributed by atoms with Crippen molar-refractivity contribution in [3.8, 4) is 0 Å². The van der Waals surface area contributed by atoms with Gasteiger partial charge in [-0.3, -0.25) is 0 Å². The third kappa shape index (κ3) is 1.12. The summed E-state index contributed by atoms with van der Waals surface area (Å²) in [5, 5.41) is 3.51. The lowest BCUT2D eigenvalue weighted by Crippen LogP contribution is -1.72. The topological polar surface area (TPSA) is 0 Å². The van der Waals surface area contributed by atoms with Gasteiger partial charge < -0.3 is 0 Å². The van der Waals surface area contributed by atoms with E-state index in [4.69, 9.17) is 0 Å². The Bertz CT molecular complexity index is 374. The highest BCUT2D eigenvalue weighted by Gasteiger charge is 2.03. The van der Waals surface area contributed by atoms with E-state index in [-0.39, 0.29) is 0 Å². The standard InChI is InChI=1S/C10H9S/c1-8-6-7-11-10-5-3-2-4-9(8)10/h2-7H,1H3/q+1. The van der Waals surface area contributed by atoms with E-state index in [1.165, 1.54) is 15.6 Å². The van der Waals surface area contributed by atoms with Gasteiger partial charge in [-0.05, 0) is 24.6 Å². The Morgan fingerprint density at radius 1 is 1.09 bits per heavy atom. The Balaban J connectivity index is 2.91. The second-order valence-electron chi connectivity index (χ2n) is 2.60. The van der Waals surface area contributed by atoms with Crippen molar-refractivity contribution in [1.29, 1.82) is 0 Å². The highest BCUT2D eigenvalue weighted by molar-refractivity contribution is 7.16. The van der Waals surface area contributed by atoms with Crippen molar-refractivity contribution in [2.24, 2.45) is 0 Å². The summed E-state index contributed by atoms with van der Waals surface area (Å²) in [6.45, 7) is 2.15. The molecule has 1 heteroatoms. The first kappa shape index (κ1) is 6.74. The van der Waals surface area contributed by atoms with E-state index < -0.39 is 0 Å². The minimum atomic E-state index is 1.36. The SMILES string of the molecule is Cc1cc[s+]c2ccccc12. The molecule has 1 aromatic carbocycles. The van der Waals surface area contributed by atoms with Crippen molar-refractivity contribution in [2.45, 2.75) is 6.92 Å². The van der Waals surface area contributed by atoms with Crippen molar-refractivity contribution >= 4 is 21.4 Å². The third-order valence-corrected chi connectivity index (χ3v) is 2.71. The summed E-state index contributed by atoms with van der Waals surface area (Å²) in [5.74, 6) is 0. The lowest BCUT2D eigenvalue weighted by molar-refractivity contribution is 1.56. The van der Waals surface area contributed by atoms with Gasteiger partial charge in [-0.2, -0.15) is 0 Å². The highest BCUT2D eigenvalue weighted by Crippen LogP contribution is 2.21. The predicted molar refractivity (Wildman–Crippen MR) is 51.0 cm³/mol. The van der Waals surface area contributed by atoms with Crippen LogP contribution in [0.15, 0.2) is 35.7 Å². The van der Waals surface area contributed by atoms with Crippen LogP contribution in [0.25, 0.3) is 10.1 Å². The van der Waals surface area contributed by atoms with E-state index in [1.54, 1.807) is 11.3 Å². The molecule has 11 heavy (non-hydrogen) atoms. The molecule has 0 aliphatic heterocycles. The first-order chi connectivity index (χ1) is 5.38. The number of fused-ring (bicyclic) bond motifs is 1. The fourth-order valence-corrected chi connectivity index (χ4v) is 2.13. The Morgan fingerprint density at radius 2 is 1.91 bits per heavy atom. The molecular weight excluding hydrogens is 152 g/mol. The van der Waals surface area contributed by atoms with Crippen LogP contribution in [-0.4, -0.2) is 0 Å². The minimum Gasteiger partial charge on any atom is -0.0613 e. The Morgan fingerprint density at radius 3 is 2.73 bits per heavy atom. The first-order valence-corrected chi connectivity index (χ1v) is 4.52. The molecular formula is C10H9S+. The Hall–Kier alpha value is -0.950. The molecule has 0 aliphatic rings. The molecule has 2 aromatic rings. The quantitative estimate of drug-likeness (QED) is 0.519. The second kappa shape index (κ2) is 2.59. The molecule has 0 aliphatic carbocycles. The van der Waals surface area contributed by atoms with Gasteiger partial charge >= 0.3 is 0 Å². The highest BCUT2D eigenvalue weighted by atomic mass is 32.1. The van der Waals surface area contributed by atoms with Crippen LogP contribution in [0.4, 0.5) is 0 Å². The molecule has 0 amide bonds. The molecule has 0 nitrogen and oxygen atoms in total. The van der Waals surface area contributed by atoms with Crippen LogP contribution in [0.3, 0.4) is 0 Å². The molecule has 0 spiro atoms. The zero-order valence-corrected chi connectivity index (χ0v) is 7.19. The maximum Gasteiger partial charge on any atom is 0.238 e. The van der Waals surface area contributed by atoms with Gasteiger partial charge in [0.05, 0.1) is 0 Å². The van der Waals surface area contributed by atoms with Crippen LogP contribution in [0.5, 0.6) is 0 Å². The van der Waals surface area contributed by atoms with E-state index in [0.29, 0.717) is 0 Å². The first-order valence-electron chi connectivity index (χ1n) is 3.64. The maximum atomic E-state index is 2.17. The van der Waals surface area contributed by atoms with Crippen LogP contribution < -0.4 is 0 Å². The summed E-state index contributed by atoms with van der Waals surface area (Å²) in [6, 6.07) is 10.7. The van der Waals surface area contributed by atoms with Crippen LogP contribution in [0.1, 0.15) is 5.56 Å². The van der Waals surface area contributed by atoms with Gasteiger partial charge in [-0.15, -0.1) is 0 Å². The monoisotopic (exact) mass is 161 g/mol. The van der Waals surface area contributed by atoms with Gasteiger partial charge in [0, 0.05) is 11.5 Å². The van der Waals surface area contributed by atoms with Crippen LogP contribution in [0, 0.1) is 6.92 Å². The lowest BCUT2D eigenvalue weighted by atomic mass is 10.2. The van der Waals surface area contributed by atoms with E-state index >= 15 is 0 Å². The van der Waals surface area contributed by atoms with Crippen LogP contribution in [-0.2, 0) is 0 Å². The van der Waals surface area contributed by atoms with Gasteiger partial charge in [-0.1, -0.05) is 12.1 Å². The van der Waals surface area contributed by atoms with Crippen molar-refractivity contribution in [3.63, 3.8) is 0 Å². The molecule has 0 N–H and O–H groups in total. The predicted octanol–water partition coefficient (Wildman–Crippen LogP) is 3.49. The number of hydrogen-bond donors (Lipinski definition) is 0. The molecule has 2 rings (SSSR count). The molecule has 1 heterocycles. The van der Waals surface area contributed by atoms with Gasteiger partial charge in [-0.25, -0.2) is 0 Å². The average Bonchev–Trinajstić information content (AvgIpc) is 2.06. The molecule has 0 bridgehead atoms. The summed E-state index contributed by atoms with van der Waals surface area (Å²) < 4.78 is 1.37. The lowest BCUT2D eigenvalue weighted by Gasteiger charge is -1.90. The third-order valence-electron chi connectivity index (χ3n) is 1.82. The molecule has 0 radical (unpaired) electrons. The number of hydrogen-bond acceptors (Lipinski definition) is 0. The number of rotatable bonds is 0. The van der Waals surface area contributed by atoms with E-state index in [9.17, 15) is 0 Å². The zero-order chi connectivity index (χ0) is 7.68. The van der Waals surface area contributed by atoms with Crippen molar-refractivity contribution in [1.82, 2.24) is 0 Å². The summed E-state index contributed by atoms with van der Waals surface area (Å²) in [4.78, 5) is 0. The average molecular weight is 161 g/mol. The molecule has 0 unspecified atom stereocenters. The number of aryl methyl sites for hydroxylation is 1. The summed E-state index contributed by atoms with van der Waals surface area (Å²) in [6.07, 6.45) is 0. The van der Waals surface area contributed by atoms with Gasteiger partial charge in [0.1, 0.15) is 0 Å². The fourth-order valence-electron chi connectivity index (χ4n) is 1.19. The van der Waals surface area contributed by atoms with Crippen molar-refractivity contribution in [3.05, 3.63) is 41.3 Å². The maximum absolute atomic E-state index is 2.17. The molecule has 54 valence electrons. The summed E-state index contributed by atoms with van der Waals surface area (Å²) in [7, 11) is 0. The summed E-state index contributed by atoms with van der Waals surface area (Å²) >= 11 is 1.79. The smallest absolute Gasteiger partial charge is 0.0613 e. The van der Waals surface area contributed by atoms with Gasteiger partial charge in [0.25, 0.3) is 0 Å². The Labute approximate surface area is 70.1 Å². The molecule has 0 fully saturated rings. The van der Waals surface area contributed by atoms with E-state index in [2.05, 4.69) is 42.6 Å². The zero-order valence-electron chi connectivity index (χ0n) is 6.37. The van der Waals surface area contributed by atoms with Gasteiger partial charge in [0.15, 0.2) is 5.38 Å². The fraction of sp³-hybridized carbons (Fsp3) is 0.100. The van der Waals surface area contributed by atoms with Crippen molar-refractivity contribution in [2.75, 3.05) is 0 Å². The normalized spacial score (nSPS) is 10.3. The largest absolute Gasteiger partial charge is 0.238 e. The molecule has 0 atom stereocenters. The second-order valence-corrected chi connectivity index (χ2v) is 3.55. The number of benzene rings is 1. The van der Waals surface area contributed by atoms with E-state index in [0.717, 1.165) is 0 Å². The summed E-state index contributed by atoms with van der Waals surface area (Å²) in [5.41, 5.74) is 1.36.